The summed E-state index contributed by atoms with van der Waals surface area (Å²) < 4.78 is 5.92. The topological polar surface area (TPSA) is 41.6 Å². The van der Waals surface area contributed by atoms with Crippen LogP contribution in [0.2, 0.25) is 5.02 Å². The first-order valence-corrected chi connectivity index (χ1v) is 10.9. The molecule has 1 atom stereocenters. The number of hydrogen-bond acceptors (Lipinski definition) is 3. The molecule has 5 heteroatoms. The molecule has 1 N–H and O–H groups in total. The van der Waals surface area contributed by atoms with Crippen molar-refractivity contribution in [2.45, 2.75) is 58.7 Å². The molecule has 0 unspecified atom stereocenters. The Hall–Kier alpha value is -2.04. The van der Waals surface area contributed by atoms with Crippen LogP contribution in [0.15, 0.2) is 42.5 Å². The van der Waals surface area contributed by atoms with Gasteiger partial charge in [0.15, 0.2) is 6.10 Å². The molecule has 2 aromatic rings. The van der Waals surface area contributed by atoms with Crippen molar-refractivity contribution in [2.24, 2.45) is 0 Å². The second-order valence-corrected chi connectivity index (χ2v) is 8.16. The van der Waals surface area contributed by atoms with Gasteiger partial charge in [-0.2, -0.15) is 0 Å². The number of benzene rings is 2. The van der Waals surface area contributed by atoms with Crippen molar-refractivity contribution in [3.63, 3.8) is 0 Å². The maximum Gasteiger partial charge on any atom is 0.261 e. The van der Waals surface area contributed by atoms with E-state index in [1.165, 1.54) is 30.4 Å². The van der Waals surface area contributed by atoms with E-state index in [1.807, 2.05) is 26.0 Å². The van der Waals surface area contributed by atoms with Gasteiger partial charge < -0.3 is 10.1 Å². The molecule has 29 heavy (non-hydrogen) atoms. The van der Waals surface area contributed by atoms with Crippen LogP contribution in [0, 0.1) is 6.92 Å². The van der Waals surface area contributed by atoms with Crippen LogP contribution in [-0.4, -0.2) is 30.0 Å². The van der Waals surface area contributed by atoms with Crippen LogP contribution in [0.3, 0.4) is 0 Å². The first-order valence-electron chi connectivity index (χ1n) is 10.6. The molecular weight excluding hydrogens is 384 g/mol. The quantitative estimate of drug-likeness (QED) is 0.652. The summed E-state index contributed by atoms with van der Waals surface area (Å²) in [6, 6.07) is 13.8. The average molecular weight is 415 g/mol. The van der Waals surface area contributed by atoms with Gasteiger partial charge in [0.1, 0.15) is 5.75 Å². The molecule has 2 aromatic carbocycles. The molecule has 1 aliphatic heterocycles. The van der Waals surface area contributed by atoms with Crippen molar-refractivity contribution in [3.8, 4) is 5.75 Å². The third-order valence-electron chi connectivity index (χ3n) is 5.49. The first-order chi connectivity index (χ1) is 14.1. The van der Waals surface area contributed by atoms with Gasteiger partial charge in [-0.3, -0.25) is 9.69 Å². The standard InChI is InChI=1S/C24H31ClN2O2/c1-3-23(29-21-11-12-22(25)18(2)15-21)24(28)26-16-19-9-5-6-10-20(19)17-27-13-7-4-8-14-27/h5-6,9-12,15,23H,3-4,7-8,13-14,16-17H2,1-2H3,(H,26,28)/t23-/m1/s1. The highest BCUT2D eigenvalue weighted by Gasteiger charge is 2.19. The lowest BCUT2D eigenvalue weighted by Crippen LogP contribution is -2.38. The van der Waals surface area contributed by atoms with Crippen LogP contribution in [0.4, 0.5) is 0 Å². The lowest BCUT2D eigenvalue weighted by molar-refractivity contribution is -0.128. The predicted octanol–water partition coefficient (Wildman–Crippen LogP) is 5.11. The summed E-state index contributed by atoms with van der Waals surface area (Å²) in [6.45, 7) is 7.67. The fraction of sp³-hybridized carbons (Fsp3) is 0.458. The Kier molecular flexibility index (Phi) is 7.96. The highest BCUT2D eigenvalue weighted by molar-refractivity contribution is 6.31. The number of ether oxygens (including phenoxy) is 1. The molecule has 0 saturated carbocycles. The van der Waals surface area contributed by atoms with E-state index < -0.39 is 6.10 Å². The summed E-state index contributed by atoms with van der Waals surface area (Å²) in [6.07, 6.45) is 3.96. The number of rotatable bonds is 8. The maximum absolute atomic E-state index is 12.7. The number of hydrogen-bond donors (Lipinski definition) is 1. The van der Waals surface area contributed by atoms with Crippen molar-refractivity contribution in [1.29, 1.82) is 0 Å². The Balaban J connectivity index is 1.59. The number of piperidine rings is 1. The summed E-state index contributed by atoms with van der Waals surface area (Å²) in [7, 11) is 0. The van der Waals surface area contributed by atoms with Gasteiger partial charge >= 0.3 is 0 Å². The third kappa shape index (κ3) is 6.22. The normalized spacial score (nSPS) is 15.7. The summed E-state index contributed by atoms with van der Waals surface area (Å²) in [5.74, 6) is 0.576. The van der Waals surface area contributed by atoms with Crippen LogP contribution in [0.25, 0.3) is 0 Å². The van der Waals surface area contributed by atoms with Crippen LogP contribution in [-0.2, 0) is 17.9 Å². The molecule has 1 aliphatic rings. The van der Waals surface area contributed by atoms with Crippen LogP contribution >= 0.6 is 11.6 Å². The van der Waals surface area contributed by atoms with E-state index in [0.29, 0.717) is 23.7 Å². The molecule has 4 nitrogen and oxygen atoms in total. The summed E-state index contributed by atoms with van der Waals surface area (Å²) in [5.41, 5.74) is 3.40. The molecule has 0 radical (unpaired) electrons. The number of amides is 1. The van der Waals surface area contributed by atoms with Gasteiger partial charge in [-0.1, -0.05) is 49.2 Å². The Morgan fingerprint density at radius 1 is 1.14 bits per heavy atom. The Labute approximate surface area is 179 Å². The zero-order chi connectivity index (χ0) is 20.6. The summed E-state index contributed by atoms with van der Waals surface area (Å²) in [5, 5.41) is 3.76. The monoisotopic (exact) mass is 414 g/mol. The second kappa shape index (κ2) is 10.7. The molecule has 0 aromatic heterocycles. The van der Waals surface area contributed by atoms with Gasteiger partial charge in [-0.15, -0.1) is 0 Å². The Morgan fingerprint density at radius 3 is 2.55 bits per heavy atom. The molecule has 1 saturated heterocycles. The lowest BCUT2D eigenvalue weighted by atomic mass is 10.0. The van der Waals surface area contributed by atoms with Crippen LogP contribution in [0.1, 0.15) is 49.3 Å². The van der Waals surface area contributed by atoms with Gasteiger partial charge in [-0.05, 0) is 74.2 Å². The predicted molar refractivity (Wildman–Crippen MR) is 118 cm³/mol. The molecule has 0 bridgehead atoms. The Morgan fingerprint density at radius 2 is 1.86 bits per heavy atom. The average Bonchev–Trinajstić information content (AvgIpc) is 2.74. The molecular formula is C24H31ClN2O2. The lowest BCUT2D eigenvalue weighted by Gasteiger charge is -2.27. The number of nitrogens with one attached hydrogen (secondary N) is 1. The number of aryl methyl sites for hydroxylation is 1. The molecule has 0 spiro atoms. The number of likely N-dealkylation sites (tertiary alicyclic amines) is 1. The number of carbonyl (C=O) groups excluding carboxylic acids is 1. The summed E-state index contributed by atoms with van der Waals surface area (Å²) in [4.78, 5) is 15.2. The second-order valence-electron chi connectivity index (χ2n) is 7.75. The van der Waals surface area contributed by atoms with E-state index in [1.54, 1.807) is 12.1 Å². The van der Waals surface area contributed by atoms with Crippen LogP contribution < -0.4 is 10.1 Å². The molecule has 1 heterocycles. The van der Waals surface area contributed by atoms with E-state index in [2.05, 4.69) is 28.4 Å². The number of carbonyl (C=O) groups is 1. The van der Waals surface area contributed by atoms with Crippen molar-refractivity contribution in [1.82, 2.24) is 10.2 Å². The van der Waals surface area contributed by atoms with E-state index >= 15 is 0 Å². The van der Waals surface area contributed by atoms with Gasteiger partial charge in [0.2, 0.25) is 0 Å². The van der Waals surface area contributed by atoms with Crippen LogP contribution in [0.5, 0.6) is 5.75 Å². The largest absolute Gasteiger partial charge is 0.481 e. The molecule has 1 fully saturated rings. The smallest absolute Gasteiger partial charge is 0.261 e. The minimum absolute atomic E-state index is 0.0899. The minimum atomic E-state index is -0.523. The zero-order valence-corrected chi connectivity index (χ0v) is 18.2. The first kappa shape index (κ1) is 21.7. The third-order valence-corrected chi connectivity index (χ3v) is 5.91. The number of halogens is 1. The Bertz CT molecular complexity index is 818. The van der Waals surface area contributed by atoms with E-state index in [-0.39, 0.29) is 5.91 Å². The van der Waals surface area contributed by atoms with Crippen molar-refractivity contribution < 1.29 is 9.53 Å². The van der Waals surface area contributed by atoms with Crippen molar-refractivity contribution in [2.75, 3.05) is 13.1 Å². The highest BCUT2D eigenvalue weighted by atomic mass is 35.5. The zero-order valence-electron chi connectivity index (χ0n) is 17.4. The van der Waals surface area contributed by atoms with E-state index in [0.717, 1.165) is 25.2 Å². The SMILES string of the molecule is CC[C@@H](Oc1ccc(Cl)c(C)c1)C(=O)NCc1ccccc1CN1CCCCC1. The minimum Gasteiger partial charge on any atom is -0.481 e. The van der Waals surface area contributed by atoms with Gasteiger partial charge in [0, 0.05) is 18.1 Å². The van der Waals surface area contributed by atoms with Crippen molar-refractivity contribution in [3.05, 3.63) is 64.2 Å². The van der Waals surface area contributed by atoms with Gasteiger partial charge in [0.25, 0.3) is 5.91 Å². The van der Waals surface area contributed by atoms with E-state index in [9.17, 15) is 4.79 Å². The van der Waals surface area contributed by atoms with Gasteiger partial charge in [0.05, 0.1) is 0 Å². The molecule has 0 aliphatic carbocycles. The highest BCUT2D eigenvalue weighted by Crippen LogP contribution is 2.22. The molecule has 156 valence electrons. The summed E-state index contributed by atoms with van der Waals surface area (Å²) >= 11 is 6.08. The fourth-order valence-corrected chi connectivity index (χ4v) is 3.83. The van der Waals surface area contributed by atoms with Gasteiger partial charge in [-0.25, -0.2) is 0 Å². The van der Waals surface area contributed by atoms with Crippen molar-refractivity contribution >= 4 is 17.5 Å². The number of nitrogens with zero attached hydrogens (tertiary/aromatic N) is 1. The molecule has 1 amide bonds. The molecule has 3 rings (SSSR count). The van der Waals surface area contributed by atoms with E-state index in [4.69, 9.17) is 16.3 Å². The maximum atomic E-state index is 12.7. The fourth-order valence-electron chi connectivity index (χ4n) is 3.72.